The number of hydrogen-bond acceptors (Lipinski definition) is 1. The Labute approximate surface area is 67.6 Å². The van der Waals surface area contributed by atoms with Gasteiger partial charge in [0.15, 0.2) is 5.11 Å². The van der Waals surface area contributed by atoms with Crippen LogP contribution in [-0.2, 0) is 13.1 Å². The van der Waals surface area contributed by atoms with Crippen molar-refractivity contribution < 1.29 is 18.6 Å². The summed E-state index contributed by atoms with van der Waals surface area (Å²) in [5.74, 6) is 0. The van der Waals surface area contributed by atoms with E-state index in [1.165, 1.54) is 0 Å². The fourth-order valence-corrected chi connectivity index (χ4v) is 0. The molecule has 0 aromatic heterocycles. The quantitative estimate of drug-likeness (QED) is 0.443. The molecule has 0 radical (unpaired) electrons. The van der Waals surface area contributed by atoms with Gasteiger partial charge in [-0.15, -0.1) is 0 Å². The summed E-state index contributed by atoms with van der Waals surface area (Å²) >= 11 is 4.85. The van der Waals surface area contributed by atoms with Gasteiger partial charge in [-0.25, -0.2) is 0 Å². The normalized spacial score (nSPS) is 5.75. The molecule has 0 aliphatic heterocycles. The summed E-state index contributed by atoms with van der Waals surface area (Å²) in [6.45, 7) is 0. The average Bonchev–Trinajstić information content (AvgIpc) is 1.33. The van der Waals surface area contributed by atoms with Gasteiger partial charge in [0.2, 0.25) is 0 Å². The molecule has 6 N–H and O–H groups in total. The van der Waals surface area contributed by atoms with Crippen LogP contribution in [0.1, 0.15) is 0 Å². The average molecular weight is 229 g/mol. The van der Waals surface area contributed by atoms with E-state index in [0.717, 1.165) is 13.1 Å². The van der Waals surface area contributed by atoms with E-state index in [0.29, 0.717) is 0 Å². The second-order valence-corrected chi connectivity index (χ2v) is 2.47. The molecule has 0 bridgehead atoms. The number of thiocarbonyl (C=S) groups is 1. The number of rotatable bonds is 0. The van der Waals surface area contributed by atoms with Gasteiger partial charge in [0.1, 0.15) is 0 Å². The van der Waals surface area contributed by atoms with Gasteiger partial charge in [0.05, 0.1) is 0 Å². The number of hydrogen-bond donors (Lipinski definition) is 2. The van der Waals surface area contributed by atoms with Crippen molar-refractivity contribution in [2.45, 2.75) is 0 Å². The first kappa shape index (κ1) is 15.9. The van der Waals surface area contributed by atoms with Gasteiger partial charge in [0, 0.05) is 0 Å². The van der Waals surface area contributed by atoms with Crippen LogP contribution < -0.4 is 11.5 Å². The maximum absolute atomic E-state index is 4.67. The van der Waals surface area contributed by atoms with Gasteiger partial charge in [-0.2, -0.15) is 0 Å². The Morgan fingerprint density at radius 3 is 1.38 bits per heavy atom. The molecule has 7 heteroatoms. The molecule has 0 atom stereocenters. The van der Waals surface area contributed by atoms with Crippen molar-refractivity contribution in [3.8, 4) is 0 Å². The van der Waals surface area contributed by atoms with Crippen molar-refractivity contribution in [3.05, 3.63) is 0 Å². The van der Waals surface area contributed by atoms with Crippen LogP contribution in [0.5, 0.6) is 0 Å². The van der Waals surface area contributed by atoms with E-state index in [2.05, 4.69) is 43.9 Å². The van der Waals surface area contributed by atoms with E-state index in [9.17, 15) is 0 Å². The first-order chi connectivity index (χ1) is 3.15. The standard InChI is InChI=1S/CH4N2S.2ClH.Cu.H2O/c2-1(3)4;;;;/h(H4,2,3,4);2*1H;;1H2/q;;;+2;/p-2. The first-order valence-electron chi connectivity index (χ1n) is 1.01. The van der Waals surface area contributed by atoms with Gasteiger partial charge < -0.3 is 16.9 Å². The Hall–Kier alpha value is 0.749. The van der Waals surface area contributed by atoms with Crippen LogP contribution in [0.2, 0.25) is 0 Å². The molecule has 0 spiro atoms. The van der Waals surface area contributed by atoms with Gasteiger partial charge >= 0.3 is 33.3 Å². The molecule has 8 heavy (non-hydrogen) atoms. The number of halogens is 2. The van der Waals surface area contributed by atoms with Crippen molar-refractivity contribution in [1.82, 2.24) is 0 Å². The predicted octanol–water partition coefficient (Wildman–Crippen LogP) is -0.259. The summed E-state index contributed by atoms with van der Waals surface area (Å²) in [7, 11) is 9.34. The van der Waals surface area contributed by atoms with E-state index < -0.39 is 0 Å². The van der Waals surface area contributed by atoms with E-state index in [4.69, 9.17) is 0 Å². The van der Waals surface area contributed by atoms with Crippen molar-refractivity contribution >= 4 is 37.5 Å². The molecule has 57 valence electrons. The molecule has 0 amide bonds. The SMILES string of the molecule is NC(N)=S.O.[Cl][Cu][Cl]. The molecule has 3 nitrogen and oxygen atoms in total. The zero-order chi connectivity index (χ0) is 6.28. The van der Waals surface area contributed by atoms with Crippen LogP contribution in [-0.4, -0.2) is 10.6 Å². The van der Waals surface area contributed by atoms with Gasteiger partial charge in [-0.3, -0.25) is 0 Å². The van der Waals surface area contributed by atoms with Gasteiger partial charge in [-0.05, 0) is 12.2 Å². The first-order valence-corrected chi connectivity index (χ1v) is 4.01. The molecule has 0 heterocycles. The molecule has 0 fully saturated rings. The molecule has 0 unspecified atom stereocenters. The van der Waals surface area contributed by atoms with E-state index >= 15 is 0 Å². The molecule has 0 aliphatic rings. The summed E-state index contributed by atoms with van der Waals surface area (Å²) in [5.41, 5.74) is 9.24. The molecule has 0 aromatic carbocycles. The van der Waals surface area contributed by atoms with Crippen LogP contribution in [0.15, 0.2) is 0 Å². The monoisotopic (exact) mass is 227 g/mol. The second kappa shape index (κ2) is 15.7. The van der Waals surface area contributed by atoms with E-state index in [1.807, 2.05) is 0 Å². The molecule has 0 saturated carbocycles. The number of nitrogens with two attached hydrogens (primary N) is 2. The molecule has 0 aromatic rings. The molecular weight excluding hydrogens is 223 g/mol. The van der Waals surface area contributed by atoms with E-state index in [1.54, 1.807) is 0 Å². The third kappa shape index (κ3) is 397. The van der Waals surface area contributed by atoms with Crippen LogP contribution in [0.3, 0.4) is 0 Å². The van der Waals surface area contributed by atoms with Gasteiger partial charge in [0.25, 0.3) is 0 Å². The van der Waals surface area contributed by atoms with Crippen LogP contribution in [0.4, 0.5) is 0 Å². The minimum atomic E-state index is 0. The Balaban J connectivity index is -0.0000000575. The zero-order valence-electron chi connectivity index (χ0n) is 3.62. The van der Waals surface area contributed by atoms with Crippen molar-refractivity contribution in [2.24, 2.45) is 11.5 Å². The third-order valence-corrected chi connectivity index (χ3v) is 0. The Bertz CT molecular complexity index is 51.3. The fourth-order valence-electron chi connectivity index (χ4n) is 0. The summed E-state index contributed by atoms with van der Waals surface area (Å²) in [6, 6.07) is 0. The van der Waals surface area contributed by atoms with Crippen molar-refractivity contribution in [1.29, 1.82) is 0 Å². The Morgan fingerprint density at radius 2 is 1.38 bits per heavy atom. The summed E-state index contributed by atoms with van der Waals surface area (Å²) < 4.78 is 0. The molecular formula is CH6Cl2CuN2OS. The Kier molecular flexibility index (Phi) is 31.1. The fraction of sp³-hybridized carbons (Fsp3) is 0. The topological polar surface area (TPSA) is 83.5 Å². The third-order valence-electron chi connectivity index (χ3n) is 0. The second-order valence-electron chi connectivity index (χ2n) is 0.445. The molecule has 0 saturated heterocycles. The van der Waals surface area contributed by atoms with Crippen LogP contribution in [0, 0.1) is 0 Å². The maximum atomic E-state index is 4.67. The van der Waals surface area contributed by atoms with Crippen LogP contribution >= 0.6 is 32.4 Å². The minimum absolute atomic E-state index is 0. The summed E-state index contributed by atoms with van der Waals surface area (Å²) in [6.07, 6.45) is 0. The van der Waals surface area contributed by atoms with Crippen LogP contribution in [0.25, 0.3) is 0 Å². The summed E-state index contributed by atoms with van der Waals surface area (Å²) in [5, 5.41) is 0.000000000000000222. The zero-order valence-corrected chi connectivity index (χ0v) is 6.89. The predicted molar refractivity (Wildman–Crippen MR) is 36.3 cm³/mol. The van der Waals surface area contributed by atoms with Crippen molar-refractivity contribution in [3.63, 3.8) is 0 Å². The van der Waals surface area contributed by atoms with Crippen molar-refractivity contribution in [2.75, 3.05) is 0 Å². The van der Waals surface area contributed by atoms with Gasteiger partial charge in [-0.1, -0.05) is 0 Å². The molecule has 0 aliphatic carbocycles. The Morgan fingerprint density at radius 1 is 1.38 bits per heavy atom. The van der Waals surface area contributed by atoms with E-state index in [-0.39, 0.29) is 10.6 Å². The molecule has 0 rings (SSSR count). The summed E-state index contributed by atoms with van der Waals surface area (Å²) in [4.78, 5) is 0.